The van der Waals surface area contributed by atoms with Crippen LogP contribution < -0.4 is 0 Å². The Bertz CT molecular complexity index is 437. The third kappa shape index (κ3) is 3.37. The van der Waals surface area contributed by atoms with Gasteiger partial charge in [0.15, 0.2) is 0 Å². The number of fused-ring (bicyclic) bond motifs is 1. The fraction of sp³-hybridized carbons (Fsp3) is 0.733. The van der Waals surface area contributed by atoms with Gasteiger partial charge in [-0.3, -0.25) is 9.48 Å². The van der Waals surface area contributed by atoms with Crippen molar-refractivity contribution in [2.24, 2.45) is 5.92 Å². The van der Waals surface area contributed by atoms with Crippen molar-refractivity contribution in [3.05, 3.63) is 17.5 Å². The molecule has 106 valence electrons. The summed E-state index contributed by atoms with van der Waals surface area (Å²) in [4.78, 5) is 11.4. The number of hydrogen-bond acceptors (Lipinski definition) is 3. The first-order chi connectivity index (χ1) is 9.11. The Morgan fingerprint density at radius 1 is 1.58 bits per heavy atom. The zero-order valence-corrected chi connectivity index (χ0v) is 12.2. The van der Waals surface area contributed by atoms with E-state index in [2.05, 4.69) is 23.6 Å². The normalized spacial score (nSPS) is 18.4. The summed E-state index contributed by atoms with van der Waals surface area (Å²) in [5.74, 6) is 0.535. The molecule has 1 aromatic heterocycles. The second kappa shape index (κ2) is 6.22. The Kier molecular flexibility index (Phi) is 4.61. The number of aromatic nitrogens is 2. The van der Waals surface area contributed by atoms with Crippen molar-refractivity contribution < 1.29 is 9.53 Å². The highest BCUT2D eigenvalue weighted by Gasteiger charge is 2.23. The molecule has 2 rings (SSSR count). The molecule has 0 saturated carbocycles. The first-order valence-corrected chi connectivity index (χ1v) is 7.32. The lowest BCUT2D eigenvalue weighted by Crippen LogP contribution is -2.18. The summed E-state index contributed by atoms with van der Waals surface area (Å²) in [5, 5.41) is 4.48. The van der Waals surface area contributed by atoms with Gasteiger partial charge in [0.2, 0.25) is 0 Å². The zero-order chi connectivity index (χ0) is 13.8. The van der Waals surface area contributed by atoms with Crippen LogP contribution in [0.3, 0.4) is 0 Å². The smallest absolute Gasteiger partial charge is 0.305 e. The summed E-state index contributed by atoms with van der Waals surface area (Å²) in [6, 6.07) is 0.430. The average molecular weight is 264 g/mol. The fourth-order valence-electron chi connectivity index (χ4n) is 2.87. The second-order valence-corrected chi connectivity index (χ2v) is 5.61. The van der Waals surface area contributed by atoms with Gasteiger partial charge in [0.25, 0.3) is 0 Å². The van der Waals surface area contributed by atoms with Crippen molar-refractivity contribution in [3.63, 3.8) is 0 Å². The van der Waals surface area contributed by atoms with E-state index in [4.69, 9.17) is 4.74 Å². The molecular formula is C15H24N2O2. The zero-order valence-electron chi connectivity index (χ0n) is 12.2. The van der Waals surface area contributed by atoms with Crippen molar-refractivity contribution in [2.75, 3.05) is 6.61 Å². The minimum Gasteiger partial charge on any atom is -0.466 e. The third-order valence-electron chi connectivity index (χ3n) is 3.83. The van der Waals surface area contributed by atoms with Gasteiger partial charge in [-0.05, 0) is 57.9 Å². The van der Waals surface area contributed by atoms with E-state index in [1.807, 2.05) is 13.1 Å². The first kappa shape index (κ1) is 14.1. The highest BCUT2D eigenvalue weighted by Crippen LogP contribution is 2.29. The minimum atomic E-state index is -0.0637. The van der Waals surface area contributed by atoms with E-state index >= 15 is 0 Å². The molecule has 0 N–H and O–H groups in total. The van der Waals surface area contributed by atoms with Crippen LogP contribution in [0.15, 0.2) is 6.20 Å². The number of carbonyl (C=O) groups excluding carboxylic acids is 1. The number of nitrogens with zero attached hydrogens (tertiary/aromatic N) is 2. The van der Waals surface area contributed by atoms with Crippen molar-refractivity contribution in [2.45, 2.75) is 58.9 Å². The summed E-state index contributed by atoms with van der Waals surface area (Å²) >= 11 is 0. The number of rotatable bonds is 5. The lowest BCUT2D eigenvalue weighted by atomic mass is 9.85. The summed E-state index contributed by atoms with van der Waals surface area (Å²) in [7, 11) is 0. The molecule has 4 heteroatoms. The van der Waals surface area contributed by atoms with Gasteiger partial charge in [0.05, 0.1) is 12.8 Å². The number of carbonyl (C=O) groups is 1. The standard InChI is InChI=1S/C15H24N2O2/c1-4-19-15(18)8-6-12-5-7-14-13(9-12)10-16-17(14)11(2)3/h10-12H,4-9H2,1-3H3. The van der Waals surface area contributed by atoms with E-state index in [-0.39, 0.29) is 5.97 Å². The molecule has 1 aliphatic carbocycles. The number of hydrogen-bond donors (Lipinski definition) is 0. The molecule has 0 bridgehead atoms. The molecular weight excluding hydrogens is 240 g/mol. The summed E-state index contributed by atoms with van der Waals surface area (Å²) < 4.78 is 7.12. The van der Waals surface area contributed by atoms with Crippen molar-refractivity contribution in [1.29, 1.82) is 0 Å². The highest BCUT2D eigenvalue weighted by atomic mass is 16.5. The molecule has 0 amide bonds. The van der Waals surface area contributed by atoms with Crippen LogP contribution in [0.2, 0.25) is 0 Å². The van der Waals surface area contributed by atoms with Crippen LogP contribution in [-0.2, 0) is 22.4 Å². The Morgan fingerprint density at radius 3 is 3.05 bits per heavy atom. The predicted octanol–water partition coefficient (Wildman–Crippen LogP) is 2.91. The van der Waals surface area contributed by atoms with Gasteiger partial charge in [0.1, 0.15) is 0 Å². The van der Waals surface area contributed by atoms with Gasteiger partial charge < -0.3 is 4.74 Å². The molecule has 0 aromatic carbocycles. The Balaban J connectivity index is 1.90. The maximum Gasteiger partial charge on any atom is 0.305 e. The lowest BCUT2D eigenvalue weighted by Gasteiger charge is -2.23. The van der Waals surface area contributed by atoms with Gasteiger partial charge in [-0.2, -0.15) is 5.10 Å². The Hall–Kier alpha value is -1.32. The molecule has 0 aliphatic heterocycles. The van der Waals surface area contributed by atoms with Crippen LogP contribution in [0, 0.1) is 5.92 Å². The number of ether oxygens (including phenoxy) is 1. The number of esters is 1. The fourth-order valence-corrected chi connectivity index (χ4v) is 2.87. The quantitative estimate of drug-likeness (QED) is 0.768. The van der Waals surface area contributed by atoms with E-state index in [0.29, 0.717) is 25.0 Å². The lowest BCUT2D eigenvalue weighted by molar-refractivity contribution is -0.143. The molecule has 1 atom stereocenters. The van der Waals surface area contributed by atoms with Crippen molar-refractivity contribution in [1.82, 2.24) is 9.78 Å². The van der Waals surface area contributed by atoms with Gasteiger partial charge in [-0.1, -0.05) is 0 Å². The van der Waals surface area contributed by atoms with Gasteiger partial charge in [-0.25, -0.2) is 0 Å². The first-order valence-electron chi connectivity index (χ1n) is 7.32. The van der Waals surface area contributed by atoms with Crippen molar-refractivity contribution in [3.8, 4) is 0 Å². The average Bonchev–Trinajstić information content (AvgIpc) is 2.79. The molecule has 1 heterocycles. The van der Waals surface area contributed by atoms with E-state index in [1.54, 1.807) is 0 Å². The molecule has 1 aromatic rings. The van der Waals surface area contributed by atoms with Crippen LogP contribution in [0.1, 0.15) is 57.3 Å². The largest absolute Gasteiger partial charge is 0.466 e. The van der Waals surface area contributed by atoms with Crippen LogP contribution >= 0.6 is 0 Å². The summed E-state index contributed by atoms with van der Waals surface area (Å²) in [6.07, 6.45) is 6.79. The molecule has 0 spiro atoms. The maximum atomic E-state index is 11.4. The van der Waals surface area contributed by atoms with E-state index < -0.39 is 0 Å². The second-order valence-electron chi connectivity index (χ2n) is 5.61. The Labute approximate surface area is 115 Å². The van der Waals surface area contributed by atoms with Crippen LogP contribution in [-0.4, -0.2) is 22.4 Å². The van der Waals surface area contributed by atoms with Crippen LogP contribution in [0.4, 0.5) is 0 Å². The highest BCUT2D eigenvalue weighted by molar-refractivity contribution is 5.69. The molecule has 1 unspecified atom stereocenters. The summed E-state index contributed by atoms with van der Waals surface area (Å²) in [6.45, 7) is 6.67. The SMILES string of the molecule is CCOC(=O)CCC1CCc2c(cnn2C(C)C)C1. The van der Waals surface area contributed by atoms with E-state index in [9.17, 15) is 4.79 Å². The van der Waals surface area contributed by atoms with Crippen LogP contribution in [0.5, 0.6) is 0 Å². The minimum absolute atomic E-state index is 0.0637. The topological polar surface area (TPSA) is 44.1 Å². The van der Waals surface area contributed by atoms with Gasteiger partial charge >= 0.3 is 5.97 Å². The molecule has 0 radical (unpaired) electrons. The maximum absolute atomic E-state index is 11.4. The molecule has 0 fully saturated rings. The molecule has 4 nitrogen and oxygen atoms in total. The molecule has 0 saturated heterocycles. The predicted molar refractivity (Wildman–Crippen MR) is 74.0 cm³/mol. The third-order valence-corrected chi connectivity index (χ3v) is 3.83. The molecule has 19 heavy (non-hydrogen) atoms. The van der Waals surface area contributed by atoms with E-state index in [0.717, 1.165) is 25.7 Å². The van der Waals surface area contributed by atoms with Crippen molar-refractivity contribution >= 4 is 5.97 Å². The monoisotopic (exact) mass is 264 g/mol. The molecule has 1 aliphatic rings. The summed E-state index contributed by atoms with van der Waals surface area (Å²) in [5.41, 5.74) is 2.76. The van der Waals surface area contributed by atoms with E-state index in [1.165, 1.54) is 11.3 Å². The van der Waals surface area contributed by atoms with Gasteiger partial charge in [0, 0.05) is 18.2 Å². The van der Waals surface area contributed by atoms with Crippen LogP contribution in [0.25, 0.3) is 0 Å². The van der Waals surface area contributed by atoms with Gasteiger partial charge in [-0.15, -0.1) is 0 Å². The Morgan fingerprint density at radius 2 is 2.37 bits per heavy atom.